The third-order valence-electron chi connectivity index (χ3n) is 5.07. The average molecular weight is 379 g/mol. The summed E-state index contributed by atoms with van der Waals surface area (Å²) in [5, 5.41) is 0. The maximum Gasteiger partial charge on any atom is 0.329 e. The zero-order valence-corrected chi connectivity index (χ0v) is 16.0. The minimum absolute atomic E-state index is 0.0327. The predicted octanol–water partition coefficient (Wildman–Crippen LogP) is 1.25. The fraction of sp³-hybridized carbons (Fsp3) is 0.556. The number of para-hydroxylation sites is 2. The summed E-state index contributed by atoms with van der Waals surface area (Å²) in [6, 6.07) is 7.33. The Morgan fingerprint density at radius 3 is 2.35 bits per heavy atom. The van der Waals surface area contributed by atoms with Crippen LogP contribution in [0.25, 0.3) is 11.0 Å². The summed E-state index contributed by atoms with van der Waals surface area (Å²) in [6.45, 7) is 2.95. The number of benzene rings is 1. The monoisotopic (exact) mass is 379 g/mol. The quantitative estimate of drug-likeness (QED) is 0.756. The molecule has 1 amide bonds. The van der Waals surface area contributed by atoms with Crippen molar-refractivity contribution >= 4 is 26.8 Å². The topological polar surface area (TPSA) is 81.4 Å². The molecule has 26 heavy (non-hydrogen) atoms. The molecule has 1 aromatic heterocycles. The molecule has 0 saturated carbocycles. The van der Waals surface area contributed by atoms with E-state index in [-0.39, 0.29) is 35.6 Å². The average Bonchev–Trinajstić information content (AvgIpc) is 3.10. The number of imidazole rings is 1. The van der Waals surface area contributed by atoms with E-state index >= 15 is 0 Å². The largest absolute Gasteiger partial charge is 0.342 e. The summed E-state index contributed by atoms with van der Waals surface area (Å²) >= 11 is 0. The molecule has 1 fully saturated rings. The van der Waals surface area contributed by atoms with Gasteiger partial charge in [0, 0.05) is 32.6 Å². The van der Waals surface area contributed by atoms with Crippen molar-refractivity contribution in [3.63, 3.8) is 0 Å². The molecule has 142 valence electrons. The number of aromatic nitrogens is 2. The molecule has 7 nitrogen and oxygen atoms in total. The molecule has 1 aliphatic rings. The second-order valence-corrected chi connectivity index (χ2v) is 9.11. The number of sulfone groups is 1. The zero-order chi connectivity index (χ0) is 18.9. The van der Waals surface area contributed by atoms with E-state index in [0.717, 1.165) is 17.5 Å². The van der Waals surface area contributed by atoms with E-state index in [4.69, 9.17) is 0 Å². The molecule has 1 aromatic carbocycles. The van der Waals surface area contributed by atoms with E-state index < -0.39 is 9.84 Å². The summed E-state index contributed by atoms with van der Waals surface area (Å²) in [5.41, 5.74) is 1.60. The molecule has 2 aromatic rings. The number of rotatable bonds is 6. The van der Waals surface area contributed by atoms with Crippen molar-refractivity contribution in [2.24, 2.45) is 0 Å². The number of aryl methyl sites for hydroxylation is 2. The molecule has 3 rings (SSSR count). The van der Waals surface area contributed by atoms with Gasteiger partial charge >= 0.3 is 5.69 Å². The third-order valence-corrected chi connectivity index (χ3v) is 6.82. The highest BCUT2D eigenvalue weighted by Crippen LogP contribution is 2.18. The van der Waals surface area contributed by atoms with Gasteiger partial charge in [0.25, 0.3) is 0 Å². The number of fused-ring (bicyclic) bond motifs is 1. The highest BCUT2D eigenvalue weighted by molar-refractivity contribution is 7.91. The molecule has 2 heterocycles. The van der Waals surface area contributed by atoms with Crippen LogP contribution in [0.4, 0.5) is 0 Å². The molecule has 0 bridgehead atoms. The lowest BCUT2D eigenvalue weighted by atomic mass is 10.2. The molecule has 8 heteroatoms. The molecule has 0 spiro atoms. The maximum atomic E-state index is 12.7. The van der Waals surface area contributed by atoms with Gasteiger partial charge in [-0.3, -0.25) is 13.9 Å². The first-order chi connectivity index (χ1) is 12.3. The Hall–Kier alpha value is -2.09. The van der Waals surface area contributed by atoms with Gasteiger partial charge in [0.15, 0.2) is 9.84 Å². The molecule has 0 aliphatic carbocycles. The van der Waals surface area contributed by atoms with Crippen molar-refractivity contribution in [2.45, 2.75) is 45.3 Å². The highest BCUT2D eigenvalue weighted by Gasteiger charge is 2.32. The lowest BCUT2D eigenvalue weighted by Crippen LogP contribution is -2.38. The predicted molar refractivity (Wildman–Crippen MR) is 101 cm³/mol. The van der Waals surface area contributed by atoms with Crippen molar-refractivity contribution in [3.05, 3.63) is 34.7 Å². The Morgan fingerprint density at radius 2 is 1.81 bits per heavy atom. The first-order valence-corrected chi connectivity index (χ1v) is 10.8. The van der Waals surface area contributed by atoms with Gasteiger partial charge in [-0.2, -0.15) is 0 Å². The van der Waals surface area contributed by atoms with Gasteiger partial charge in [0.05, 0.1) is 22.5 Å². The second kappa shape index (κ2) is 7.26. The highest BCUT2D eigenvalue weighted by atomic mass is 32.2. The number of hydrogen-bond donors (Lipinski definition) is 0. The molecule has 1 saturated heterocycles. The van der Waals surface area contributed by atoms with Crippen molar-refractivity contribution in [1.29, 1.82) is 0 Å². The first kappa shape index (κ1) is 18.7. The van der Waals surface area contributed by atoms with Crippen molar-refractivity contribution in [1.82, 2.24) is 14.0 Å². The van der Waals surface area contributed by atoms with Crippen LogP contribution in [0, 0.1) is 0 Å². The standard InChI is InChI=1S/C18H25N3O4S/c1-3-10-20-15-6-4-5-7-16(15)21(18(20)23)11-8-17(22)19(2)14-9-12-26(24,25)13-14/h4-7,14H,3,8-13H2,1-2H3/t14-/m0/s1. The molecule has 0 radical (unpaired) electrons. The first-order valence-electron chi connectivity index (χ1n) is 8.98. The molecule has 0 unspecified atom stereocenters. The van der Waals surface area contributed by atoms with Crippen LogP contribution in [0.2, 0.25) is 0 Å². The summed E-state index contributed by atoms with van der Waals surface area (Å²) in [5.74, 6) is 0.0378. The Balaban J connectivity index is 1.76. The van der Waals surface area contributed by atoms with Gasteiger partial charge in [-0.1, -0.05) is 19.1 Å². The van der Waals surface area contributed by atoms with Gasteiger partial charge in [-0.25, -0.2) is 13.2 Å². The van der Waals surface area contributed by atoms with Crippen LogP contribution >= 0.6 is 0 Å². The molecular formula is C18H25N3O4S. The lowest BCUT2D eigenvalue weighted by Gasteiger charge is -2.23. The van der Waals surface area contributed by atoms with E-state index in [0.29, 0.717) is 19.5 Å². The Labute approximate surface area is 153 Å². The third kappa shape index (κ3) is 3.56. The van der Waals surface area contributed by atoms with Gasteiger partial charge in [-0.15, -0.1) is 0 Å². The Morgan fingerprint density at radius 1 is 1.19 bits per heavy atom. The summed E-state index contributed by atoms with van der Waals surface area (Å²) in [6.07, 6.45) is 1.51. The van der Waals surface area contributed by atoms with Crippen LogP contribution in [-0.4, -0.2) is 53.0 Å². The Kier molecular flexibility index (Phi) is 5.22. The Bertz CT molecular complexity index is 974. The van der Waals surface area contributed by atoms with Crippen LogP contribution in [0.3, 0.4) is 0 Å². The second-order valence-electron chi connectivity index (χ2n) is 6.89. The minimum Gasteiger partial charge on any atom is -0.342 e. The van der Waals surface area contributed by atoms with Crippen molar-refractivity contribution in [2.75, 3.05) is 18.6 Å². The van der Waals surface area contributed by atoms with Crippen molar-refractivity contribution in [3.8, 4) is 0 Å². The maximum absolute atomic E-state index is 12.7. The summed E-state index contributed by atoms with van der Waals surface area (Å²) < 4.78 is 26.6. The van der Waals surface area contributed by atoms with Gasteiger partial charge in [0.2, 0.25) is 5.91 Å². The zero-order valence-electron chi connectivity index (χ0n) is 15.2. The van der Waals surface area contributed by atoms with Crippen LogP contribution in [0.15, 0.2) is 29.1 Å². The van der Waals surface area contributed by atoms with E-state index in [1.165, 1.54) is 4.90 Å². The van der Waals surface area contributed by atoms with Crippen LogP contribution < -0.4 is 5.69 Å². The SMILES string of the molecule is CCCn1c(=O)n(CCC(=O)N(C)[C@H]2CCS(=O)(=O)C2)c2ccccc21. The summed E-state index contributed by atoms with van der Waals surface area (Å²) in [7, 11) is -1.38. The molecule has 1 aliphatic heterocycles. The van der Waals surface area contributed by atoms with Gasteiger partial charge in [0.1, 0.15) is 0 Å². The molecule has 1 atom stereocenters. The molecule has 0 N–H and O–H groups in total. The normalized spacial score (nSPS) is 19.1. The van der Waals surface area contributed by atoms with E-state index in [9.17, 15) is 18.0 Å². The van der Waals surface area contributed by atoms with Gasteiger partial charge < -0.3 is 4.90 Å². The summed E-state index contributed by atoms with van der Waals surface area (Å²) in [4.78, 5) is 26.8. The fourth-order valence-electron chi connectivity index (χ4n) is 3.60. The van der Waals surface area contributed by atoms with Crippen molar-refractivity contribution < 1.29 is 13.2 Å². The van der Waals surface area contributed by atoms with Gasteiger partial charge in [-0.05, 0) is 25.0 Å². The lowest BCUT2D eigenvalue weighted by molar-refractivity contribution is -0.131. The van der Waals surface area contributed by atoms with E-state index in [1.807, 2.05) is 31.2 Å². The van der Waals surface area contributed by atoms with Crippen LogP contribution in [0.5, 0.6) is 0 Å². The smallest absolute Gasteiger partial charge is 0.329 e. The number of hydrogen-bond acceptors (Lipinski definition) is 4. The van der Waals surface area contributed by atoms with E-state index in [2.05, 4.69) is 0 Å². The number of carbonyl (C=O) groups excluding carboxylic acids is 1. The van der Waals surface area contributed by atoms with Crippen LogP contribution in [-0.2, 0) is 27.7 Å². The van der Waals surface area contributed by atoms with Crippen LogP contribution in [0.1, 0.15) is 26.2 Å². The minimum atomic E-state index is -3.03. The number of amides is 1. The fourth-order valence-corrected chi connectivity index (χ4v) is 5.37. The number of carbonyl (C=O) groups is 1. The number of nitrogens with zero attached hydrogens (tertiary/aromatic N) is 3. The molecular weight excluding hydrogens is 354 g/mol. The van der Waals surface area contributed by atoms with E-state index in [1.54, 1.807) is 16.2 Å².